The zero-order valence-corrected chi connectivity index (χ0v) is 9.29. The minimum atomic E-state index is -0.803. The van der Waals surface area contributed by atoms with Gasteiger partial charge in [0.05, 0.1) is 11.2 Å². The van der Waals surface area contributed by atoms with Crippen molar-refractivity contribution in [3.63, 3.8) is 0 Å². The summed E-state index contributed by atoms with van der Waals surface area (Å²) in [5.74, 6) is 0.778. The molecule has 2 rings (SSSR count). The third kappa shape index (κ3) is 1.24. The van der Waals surface area contributed by atoms with E-state index in [0.29, 0.717) is 5.92 Å². The molecular formula is C12H22O2. The van der Waals surface area contributed by atoms with Crippen LogP contribution in [0.25, 0.3) is 0 Å². The SMILES string of the molecule is CC1CCCC(O)(C2(O)CCC2)C1C. The van der Waals surface area contributed by atoms with Crippen LogP contribution < -0.4 is 0 Å². The van der Waals surface area contributed by atoms with Crippen molar-refractivity contribution in [3.8, 4) is 0 Å². The number of hydrogen-bond acceptors (Lipinski definition) is 2. The summed E-state index contributed by atoms with van der Waals surface area (Å²) in [5.41, 5.74) is -1.57. The van der Waals surface area contributed by atoms with E-state index in [9.17, 15) is 10.2 Å². The maximum Gasteiger partial charge on any atom is 0.0961 e. The topological polar surface area (TPSA) is 40.5 Å². The van der Waals surface area contributed by atoms with Gasteiger partial charge in [-0.3, -0.25) is 0 Å². The maximum absolute atomic E-state index is 10.6. The molecule has 2 nitrogen and oxygen atoms in total. The van der Waals surface area contributed by atoms with Crippen molar-refractivity contribution >= 4 is 0 Å². The van der Waals surface area contributed by atoms with Crippen molar-refractivity contribution < 1.29 is 10.2 Å². The second-order valence-electron chi connectivity index (χ2n) is 5.47. The van der Waals surface area contributed by atoms with E-state index < -0.39 is 11.2 Å². The molecule has 3 unspecified atom stereocenters. The van der Waals surface area contributed by atoms with E-state index in [2.05, 4.69) is 13.8 Å². The first-order valence-electron chi connectivity index (χ1n) is 5.94. The van der Waals surface area contributed by atoms with Crippen molar-refractivity contribution in [1.82, 2.24) is 0 Å². The third-order valence-corrected chi connectivity index (χ3v) is 4.81. The molecule has 0 bridgehead atoms. The molecule has 0 aromatic heterocycles. The largest absolute Gasteiger partial charge is 0.387 e. The molecule has 2 N–H and O–H groups in total. The minimum absolute atomic E-state index is 0.238. The Morgan fingerprint density at radius 3 is 2.14 bits per heavy atom. The van der Waals surface area contributed by atoms with Crippen LogP contribution in [0.5, 0.6) is 0 Å². The molecule has 0 heterocycles. The Kier molecular flexibility index (Phi) is 2.39. The zero-order chi connectivity index (χ0) is 10.4. The molecule has 82 valence electrons. The predicted octanol–water partition coefficient (Wildman–Crippen LogP) is 2.09. The van der Waals surface area contributed by atoms with Gasteiger partial charge >= 0.3 is 0 Å². The monoisotopic (exact) mass is 198 g/mol. The van der Waals surface area contributed by atoms with Gasteiger partial charge in [0, 0.05) is 0 Å². The van der Waals surface area contributed by atoms with Gasteiger partial charge < -0.3 is 10.2 Å². The Morgan fingerprint density at radius 1 is 1.00 bits per heavy atom. The Morgan fingerprint density at radius 2 is 1.64 bits per heavy atom. The molecule has 0 aromatic rings. The molecule has 0 amide bonds. The number of hydrogen-bond donors (Lipinski definition) is 2. The van der Waals surface area contributed by atoms with Crippen LogP contribution >= 0.6 is 0 Å². The lowest BCUT2D eigenvalue weighted by Crippen LogP contribution is -2.64. The fraction of sp³-hybridized carbons (Fsp3) is 1.00. The average Bonchev–Trinajstić information content (AvgIpc) is 2.10. The summed E-state index contributed by atoms with van der Waals surface area (Å²) in [6, 6.07) is 0. The molecule has 2 aliphatic rings. The second-order valence-corrected chi connectivity index (χ2v) is 5.47. The van der Waals surface area contributed by atoms with Gasteiger partial charge in [0.1, 0.15) is 0 Å². The minimum Gasteiger partial charge on any atom is -0.387 e. The van der Waals surface area contributed by atoms with E-state index in [-0.39, 0.29) is 5.92 Å². The summed E-state index contributed by atoms with van der Waals surface area (Å²) < 4.78 is 0. The van der Waals surface area contributed by atoms with Crippen molar-refractivity contribution in [2.45, 2.75) is 63.6 Å². The van der Waals surface area contributed by atoms with Crippen molar-refractivity contribution in [1.29, 1.82) is 0 Å². The molecule has 3 atom stereocenters. The van der Waals surface area contributed by atoms with Crippen LogP contribution in [0.2, 0.25) is 0 Å². The fourth-order valence-corrected chi connectivity index (χ4v) is 3.24. The van der Waals surface area contributed by atoms with Crippen molar-refractivity contribution in [3.05, 3.63) is 0 Å². The molecule has 2 saturated carbocycles. The molecule has 0 aliphatic heterocycles. The van der Waals surface area contributed by atoms with Crippen LogP contribution in [0.15, 0.2) is 0 Å². The van der Waals surface area contributed by atoms with Gasteiger partial charge in [0.25, 0.3) is 0 Å². The van der Waals surface area contributed by atoms with Crippen LogP contribution in [0.1, 0.15) is 52.4 Å². The fourth-order valence-electron chi connectivity index (χ4n) is 3.24. The van der Waals surface area contributed by atoms with Gasteiger partial charge in [-0.15, -0.1) is 0 Å². The highest BCUT2D eigenvalue weighted by Gasteiger charge is 2.57. The Labute approximate surface area is 86.3 Å². The number of rotatable bonds is 1. The van der Waals surface area contributed by atoms with E-state index in [4.69, 9.17) is 0 Å². The summed E-state index contributed by atoms with van der Waals surface area (Å²) in [6.45, 7) is 4.29. The Balaban J connectivity index is 2.20. The molecule has 2 heteroatoms. The summed E-state index contributed by atoms with van der Waals surface area (Å²) >= 11 is 0. The summed E-state index contributed by atoms with van der Waals surface area (Å²) in [6.07, 6.45) is 5.69. The van der Waals surface area contributed by atoms with Crippen LogP contribution in [-0.2, 0) is 0 Å². The standard InChI is InChI=1S/C12H22O2/c1-9-5-3-8-12(14,10(9)2)11(13)6-4-7-11/h9-10,13-14H,3-8H2,1-2H3. The number of aliphatic hydroxyl groups is 2. The summed E-state index contributed by atoms with van der Waals surface area (Å²) in [4.78, 5) is 0. The van der Waals surface area contributed by atoms with Crippen molar-refractivity contribution in [2.75, 3.05) is 0 Å². The van der Waals surface area contributed by atoms with E-state index in [1.165, 1.54) is 6.42 Å². The molecular weight excluding hydrogens is 176 g/mol. The lowest BCUT2D eigenvalue weighted by molar-refractivity contribution is -0.233. The first kappa shape index (κ1) is 10.4. The van der Waals surface area contributed by atoms with Crippen molar-refractivity contribution in [2.24, 2.45) is 11.8 Å². The van der Waals surface area contributed by atoms with E-state index in [1.54, 1.807) is 0 Å². The average molecular weight is 198 g/mol. The quantitative estimate of drug-likeness (QED) is 0.677. The predicted molar refractivity (Wildman–Crippen MR) is 55.9 cm³/mol. The molecule has 0 radical (unpaired) electrons. The lowest BCUT2D eigenvalue weighted by atomic mass is 9.57. The van der Waals surface area contributed by atoms with Gasteiger partial charge in [0.15, 0.2) is 0 Å². The summed E-state index contributed by atoms with van der Waals surface area (Å²) in [5, 5.41) is 21.0. The van der Waals surface area contributed by atoms with Gasteiger partial charge in [-0.2, -0.15) is 0 Å². The van der Waals surface area contributed by atoms with E-state index in [0.717, 1.165) is 32.1 Å². The van der Waals surface area contributed by atoms with E-state index >= 15 is 0 Å². The van der Waals surface area contributed by atoms with Crippen LogP contribution in [0.3, 0.4) is 0 Å². The highest BCUT2D eigenvalue weighted by Crippen LogP contribution is 2.51. The first-order chi connectivity index (χ1) is 6.50. The normalized spacial score (nSPS) is 47.1. The molecule has 0 spiro atoms. The van der Waals surface area contributed by atoms with Crippen LogP contribution in [-0.4, -0.2) is 21.4 Å². The molecule has 0 aromatic carbocycles. The molecule has 0 saturated heterocycles. The van der Waals surface area contributed by atoms with Crippen LogP contribution in [0.4, 0.5) is 0 Å². The maximum atomic E-state index is 10.6. The highest BCUT2D eigenvalue weighted by molar-refractivity contribution is 5.09. The van der Waals surface area contributed by atoms with Gasteiger partial charge in [0.2, 0.25) is 0 Å². The van der Waals surface area contributed by atoms with Crippen LogP contribution in [0, 0.1) is 11.8 Å². The third-order valence-electron chi connectivity index (χ3n) is 4.81. The molecule has 2 fully saturated rings. The smallest absolute Gasteiger partial charge is 0.0961 e. The highest BCUT2D eigenvalue weighted by atomic mass is 16.4. The Hall–Kier alpha value is -0.0800. The second kappa shape index (κ2) is 3.21. The van der Waals surface area contributed by atoms with E-state index in [1.807, 2.05) is 0 Å². The Bertz CT molecular complexity index is 222. The van der Waals surface area contributed by atoms with Gasteiger partial charge in [-0.05, 0) is 37.5 Å². The lowest BCUT2D eigenvalue weighted by Gasteiger charge is -2.55. The summed E-state index contributed by atoms with van der Waals surface area (Å²) in [7, 11) is 0. The molecule has 14 heavy (non-hydrogen) atoms. The first-order valence-corrected chi connectivity index (χ1v) is 5.94. The molecule has 2 aliphatic carbocycles. The van der Waals surface area contributed by atoms with Gasteiger partial charge in [-0.25, -0.2) is 0 Å². The van der Waals surface area contributed by atoms with Gasteiger partial charge in [-0.1, -0.05) is 26.7 Å². The zero-order valence-electron chi connectivity index (χ0n) is 9.29.